The summed E-state index contributed by atoms with van der Waals surface area (Å²) in [6, 6.07) is 9.13. The second kappa shape index (κ2) is 5.80. The van der Waals surface area contributed by atoms with Gasteiger partial charge < -0.3 is 14.4 Å². The number of carbonyl (C=O) groups excluding carboxylic acids is 1. The lowest BCUT2D eigenvalue weighted by Gasteiger charge is -2.38. The Bertz CT molecular complexity index is 855. The van der Waals surface area contributed by atoms with E-state index < -0.39 is 0 Å². The first-order valence-corrected chi connectivity index (χ1v) is 7.50. The minimum Gasteiger partial charge on any atom is -0.497 e. The number of likely N-dealkylation sites (tertiary alicyclic amines) is 1. The fourth-order valence-corrected chi connectivity index (χ4v) is 2.51. The predicted molar refractivity (Wildman–Crippen MR) is 84.1 cm³/mol. The van der Waals surface area contributed by atoms with Gasteiger partial charge in [0, 0.05) is 18.5 Å². The summed E-state index contributed by atoms with van der Waals surface area (Å²) in [6.45, 7) is 0.998. The van der Waals surface area contributed by atoms with E-state index in [9.17, 15) is 4.79 Å². The molecule has 8 nitrogen and oxygen atoms in total. The van der Waals surface area contributed by atoms with Crippen LogP contribution in [0.5, 0.6) is 11.5 Å². The molecule has 1 saturated heterocycles. The average molecular weight is 325 g/mol. The van der Waals surface area contributed by atoms with Crippen molar-refractivity contribution in [2.75, 3.05) is 20.2 Å². The van der Waals surface area contributed by atoms with E-state index in [0.717, 1.165) is 11.5 Å². The number of benzene rings is 1. The van der Waals surface area contributed by atoms with Gasteiger partial charge in [0.05, 0.1) is 20.2 Å². The molecule has 0 bridgehead atoms. The molecule has 2 aromatic heterocycles. The van der Waals surface area contributed by atoms with Crippen LogP contribution in [0, 0.1) is 0 Å². The Balaban J connectivity index is 1.38. The molecule has 1 fully saturated rings. The number of fused-ring (bicyclic) bond motifs is 1. The van der Waals surface area contributed by atoms with Gasteiger partial charge in [-0.2, -0.15) is 4.98 Å². The van der Waals surface area contributed by atoms with Crippen molar-refractivity contribution in [3.63, 3.8) is 0 Å². The van der Waals surface area contributed by atoms with Crippen LogP contribution in [0.15, 0.2) is 42.7 Å². The van der Waals surface area contributed by atoms with Gasteiger partial charge >= 0.3 is 0 Å². The molecule has 24 heavy (non-hydrogen) atoms. The highest BCUT2D eigenvalue weighted by Crippen LogP contribution is 2.23. The summed E-state index contributed by atoms with van der Waals surface area (Å²) in [5.41, 5.74) is 0. The lowest BCUT2D eigenvalue weighted by molar-refractivity contribution is 0.0168. The maximum atomic E-state index is 12.4. The number of hydrogen-bond donors (Lipinski definition) is 0. The normalized spacial score (nSPS) is 14.5. The molecule has 1 amide bonds. The van der Waals surface area contributed by atoms with Crippen molar-refractivity contribution in [3.05, 3.63) is 48.5 Å². The van der Waals surface area contributed by atoms with Gasteiger partial charge in [0.2, 0.25) is 5.82 Å². The molecule has 1 aromatic carbocycles. The van der Waals surface area contributed by atoms with Gasteiger partial charge in [0.1, 0.15) is 17.6 Å². The number of aromatic nitrogens is 4. The van der Waals surface area contributed by atoms with Crippen LogP contribution in [0.25, 0.3) is 5.78 Å². The summed E-state index contributed by atoms with van der Waals surface area (Å²) in [5.74, 6) is 1.80. The van der Waals surface area contributed by atoms with Crippen molar-refractivity contribution in [3.8, 4) is 11.5 Å². The van der Waals surface area contributed by atoms with E-state index in [0.29, 0.717) is 18.9 Å². The van der Waals surface area contributed by atoms with Gasteiger partial charge in [-0.05, 0) is 18.2 Å². The molecule has 3 heterocycles. The smallest absolute Gasteiger partial charge is 0.293 e. The van der Waals surface area contributed by atoms with E-state index in [1.807, 2.05) is 24.3 Å². The number of rotatable bonds is 4. The summed E-state index contributed by atoms with van der Waals surface area (Å²) in [7, 11) is 1.61. The molecule has 1 aliphatic rings. The monoisotopic (exact) mass is 325 g/mol. The van der Waals surface area contributed by atoms with Crippen molar-refractivity contribution in [1.82, 2.24) is 24.5 Å². The quantitative estimate of drug-likeness (QED) is 0.713. The van der Waals surface area contributed by atoms with Crippen molar-refractivity contribution in [2.24, 2.45) is 0 Å². The molecular formula is C16H15N5O3. The zero-order valence-corrected chi connectivity index (χ0v) is 13.0. The fraction of sp³-hybridized carbons (Fsp3) is 0.250. The van der Waals surface area contributed by atoms with Crippen LogP contribution < -0.4 is 9.47 Å². The second-order valence-electron chi connectivity index (χ2n) is 5.43. The molecule has 4 rings (SSSR count). The largest absolute Gasteiger partial charge is 0.497 e. The van der Waals surface area contributed by atoms with Crippen LogP contribution in [-0.2, 0) is 0 Å². The Kier molecular flexibility index (Phi) is 3.49. The zero-order valence-electron chi connectivity index (χ0n) is 13.0. The number of amides is 1. The number of methoxy groups -OCH3 is 1. The van der Waals surface area contributed by atoms with Crippen molar-refractivity contribution in [2.45, 2.75) is 6.10 Å². The molecule has 1 aliphatic heterocycles. The average Bonchev–Trinajstić information content (AvgIpc) is 3.01. The molecule has 0 N–H and O–H groups in total. The molecule has 3 aromatic rings. The SMILES string of the molecule is COc1cccc(OC2CN(C(=O)c3nc4ncccn4n3)C2)c1. The number of ether oxygens (including phenoxy) is 2. The van der Waals surface area contributed by atoms with Gasteiger partial charge in [-0.25, -0.2) is 9.50 Å². The van der Waals surface area contributed by atoms with Crippen molar-refractivity contribution >= 4 is 11.7 Å². The van der Waals surface area contributed by atoms with Gasteiger partial charge in [0.15, 0.2) is 0 Å². The minimum absolute atomic E-state index is 0.0452. The van der Waals surface area contributed by atoms with Gasteiger partial charge in [-0.3, -0.25) is 4.79 Å². The molecule has 0 spiro atoms. The maximum absolute atomic E-state index is 12.4. The molecule has 122 valence electrons. The van der Waals surface area contributed by atoms with Crippen molar-refractivity contribution in [1.29, 1.82) is 0 Å². The first kappa shape index (κ1) is 14.4. The standard InChI is InChI=1S/C16H15N5O3/c1-23-11-4-2-5-12(8-11)24-13-9-20(10-13)15(22)14-18-16-17-6-3-7-21(16)19-14/h2-8,13H,9-10H2,1H3. The van der Waals surface area contributed by atoms with Crippen LogP contribution in [0.2, 0.25) is 0 Å². The van der Waals surface area contributed by atoms with Crippen molar-refractivity contribution < 1.29 is 14.3 Å². The molecule has 0 saturated carbocycles. The highest BCUT2D eigenvalue weighted by molar-refractivity contribution is 5.91. The lowest BCUT2D eigenvalue weighted by Crippen LogP contribution is -2.56. The Morgan fingerprint density at radius 3 is 2.88 bits per heavy atom. The highest BCUT2D eigenvalue weighted by Gasteiger charge is 2.34. The molecular weight excluding hydrogens is 310 g/mol. The third-order valence-electron chi connectivity index (χ3n) is 3.79. The first-order valence-electron chi connectivity index (χ1n) is 7.50. The van der Waals surface area contributed by atoms with E-state index in [2.05, 4.69) is 15.1 Å². The summed E-state index contributed by atoms with van der Waals surface area (Å²) in [5, 5.41) is 4.14. The molecule has 0 aliphatic carbocycles. The molecule has 0 atom stereocenters. The Labute approximate surface area is 137 Å². The van der Waals surface area contributed by atoms with E-state index in [-0.39, 0.29) is 17.8 Å². The predicted octanol–water partition coefficient (Wildman–Crippen LogP) is 1.04. The first-order chi connectivity index (χ1) is 11.7. The van der Waals surface area contributed by atoms with E-state index in [4.69, 9.17) is 9.47 Å². The van der Waals surface area contributed by atoms with Gasteiger partial charge in [-0.1, -0.05) is 6.07 Å². The Morgan fingerprint density at radius 2 is 2.08 bits per heavy atom. The van der Waals surface area contributed by atoms with E-state index in [1.165, 1.54) is 4.52 Å². The molecule has 8 heteroatoms. The lowest BCUT2D eigenvalue weighted by atomic mass is 10.1. The molecule has 0 unspecified atom stereocenters. The Morgan fingerprint density at radius 1 is 1.25 bits per heavy atom. The fourth-order valence-electron chi connectivity index (χ4n) is 2.51. The van der Waals surface area contributed by atoms with E-state index in [1.54, 1.807) is 30.5 Å². The van der Waals surface area contributed by atoms with Gasteiger partial charge in [0.25, 0.3) is 11.7 Å². The summed E-state index contributed by atoms with van der Waals surface area (Å²) < 4.78 is 12.5. The number of hydrogen-bond acceptors (Lipinski definition) is 6. The van der Waals surface area contributed by atoms with E-state index >= 15 is 0 Å². The third-order valence-corrected chi connectivity index (χ3v) is 3.79. The van der Waals surface area contributed by atoms with Crippen LogP contribution >= 0.6 is 0 Å². The summed E-state index contributed by atoms with van der Waals surface area (Å²) >= 11 is 0. The third kappa shape index (κ3) is 2.62. The Hall–Kier alpha value is -3.16. The minimum atomic E-state index is -0.217. The van der Waals surface area contributed by atoms with Crippen LogP contribution in [0.4, 0.5) is 0 Å². The maximum Gasteiger partial charge on any atom is 0.293 e. The van der Waals surface area contributed by atoms with Gasteiger partial charge in [-0.15, -0.1) is 5.10 Å². The summed E-state index contributed by atoms with van der Waals surface area (Å²) in [6.07, 6.45) is 3.27. The van der Waals surface area contributed by atoms with Crippen LogP contribution in [0.3, 0.4) is 0 Å². The second-order valence-corrected chi connectivity index (χ2v) is 5.43. The van der Waals surface area contributed by atoms with Crippen LogP contribution in [-0.4, -0.2) is 56.7 Å². The molecule has 0 radical (unpaired) electrons. The highest BCUT2D eigenvalue weighted by atomic mass is 16.5. The summed E-state index contributed by atoms with van der Waals surface area (Å²) in [4.78, 5) is 22.2. The topological polar surface area (TPSA) is 81.9 Å². The van der Waals surface area contributed by atoms with Crippen LogP contribution in [0.1, 0.15) is 10.6 Å². The number of carbonyl (C=O) groups is 1. The zero-order chi connectivity index (χ0) is 16.5. The number of nitrogens with zero attached hydrogens (tertiary/aromatic N) is 5.